The molecule has 4 heterocycles. The summed E-state index contributed by atoms with van der Waals surface area (Å²) in [7, 11) is -2.04. The number of anilines is 1. The van der Waals surface area contributed by atoms with Crippen LogP contribution < -0.4 is 9.62 Å². The average molecular weight is 534 g/mol. The first kappa shape index (κ1) is 24.3. The highest BCUT2D eigenvalue weighted by molar-refractivity contribution is 7.89. The molecule has 0 radical (unpaired) electrons. The Balaban J connectivity index is 1.41. The van der Waals surface area contributed by atoms with Crippen LogP contribution >= 0.6 is 0 Å². The zero-order valence-corrected chi connectivity index (χ0v) is 21.5. The maximum Gasteiger partial charge on any atom is 0.263 e. The van der Waals surface area contributed by atoms with Crippen LogP contribution in [0, 0.1) is 17.8 Å². The molecule has 1 aliphatic carbocycles. The molecule has 1 fully saturated rings. The Hall–Kier alpha value is -4.08. The van der Waals surface area contributed by atoms with Gasteiger partial charge in [-0.15, -0.1) is 0 Å². The molecule has 1 amide bonds. The SMILES string of the molecule is Cn1cc(CN2C(=O)c3cc(S(=O)(=O)NC4(C)CC4)ccc3N3C2=NC[C@H]3C#Cc2cccc(F)n2)cn1. The third-order valence-electron chi connectivity index (χ3n) is 6.75. The van der Waals surface area contributed by atoms with Gasteiger partial charge >= 0.3 is 0 Å². The normalized spacial score (nSPS) is 19.4. The number of carbonyl (C=O) groups excluding carboxylic acids is 1. The van der Waals surface area contributed by atoms with Crippen molar-refractivity contribution in [2.75, 3.05) is 11.4 Å². The maximum atomic E-state index is 13.8. The number of aryl methyl sites for hydroxylation is 1. The van der Waals surface area contributed by atoms with Crippen LogP contribution in [0.2, 0.25) is 0 Å². The van der Waals surface area contributed by atoms with Crippen molar-refractivity contribution in [3.8, 4) is 11.8 Å². The second kappa shape index (κ2) is 8.75. The molecule has 0 unspecified atom stereocenters. The van der Waals surface area contributed by atoms with Gasteiger partial charge in [-0.25, -0.2) is 23.1 Å². The van der Waals surface area contributed by atoms with E-state index in [0.717, 1.165) is 18.4 Å². The summed E-state index contributed by atoms with van der Waals surface area (Å²) in [5.74, 6) is 5.42. The summed E-state index contributed by atoms with van der Waals surface area (Å²) in [6, 6.07) is 8.44. The molecule has 1 saturated carbocycles. The molecule has 0 spiro atoms. The van der Waals surface area contributed by atoms with E-state index in [1.165, 1.54) is 29.2 Å². The van der Waals surface area contributed by atoms with Crippen molar-refractivity contribution >= 4 is 27.6 Å². The quantitative estimate of drug-likeness (QED) is 0.397. The lowest BCUT2D eigenvalue weighted by atomic mass is 10.1. The summed E-state index contributed by atoms with van der Waals surface area (Å²) < 4.78 is 44.1. The van der Waals surface area contributed by atoms with E-state index in [2.05, 4.69) is 31.6 Å². The number of halogens is 1. The lowest BCUT2D eigenvalue weighted by Gasteiger charge is -2.37. The van der Waals surface area contributed by atoms with Gasteiger partial charge in [0.1, 0.15) is 11.7 Å². The van der Waals surface area contributed by atoms with E-state index < -0.39 is 27.6 Å². The molecule has 38 heavy (non-hydrogen) atoms. The van der Waals surface area contributed by atoms with Crippen LogP contribution in [0.1, 0.15) is 41.4 Å². The number of aromatic nitrogens is 3. The van der Waals surface area contributed by atoms with Gasteiger partial charge in [-0.05, 0) is 56.0 Å². The Morgan fingerprint density at radius 1 is 1.24 bits per heavy atom. The van der Waals surface area contributed by atoms with E-state index in [0.29, 0.717) is 11.6 Å². The maximum absolute atomic E-state index is 13.8. The summed E-state index contributed by atoms with van der Waals surface area (Å²) in [5, 5.41) is 4.19. The molecule has 0 bridgehead atoms. The predicted molar refractivity (Wildman–Crippen MR) is 137 cm³/mol. The Morgan fingerprint density at radius 2 is 2.05 bits per heavy atom. The van der Waals surface area contributed by atoms with Gasteiger partial charge in [-0.2, -0.15) is 9.49 Å². The van der Waals surface area contributed by atoms with Crippen molar-refractivity contribution < 1.29 is 17.6 Å². The van der Waals surface area contributed by atoms with E-state index in [-0.39, 0.29) is 35.1 Å². The van der Waals surface area contributed by atoms with E-state index in [1.54, 1.807) is 36.3 Å². The number of fused-ring (bicyclic) bond motifs is 3. The Kier molecular flexibility index (Phi) is 5.59. The fraction of sp³-hybridized carbons (Fsp3) is 0.308. The average Bonchev–Trinajstić information content (AvgIpc) is 3.24. The molecular formula is C26H24FN7O3S. The fourth-order valence-corrected chi connectivity index (χ4v) is 6.04. The summed E-state index contributed by atoms with van der Waals surface area (Å²) >= 11 is 0. The van der Waals surface area contributed by atoms with Crippen molar-refractivity contribution in [2.24, 2.45) is 12.0 Å². The lowest BCUT2D eigenvalue weighted by Crippen LogP contribution is -2.52. The summed E-state index contributed by atoms with van der Waals surface area (Å²) in [5.41, 5.74) is 1.36. The molecule has 2 aliphatic heterocycles. The number of hydrogen-bond donors (Lipinski definition) is 1. The van der Waals surface area contributed by atoms with Gasteiger partial charge in [-0.3, -0.25) is 19.3 Å². The van der Waals surface area contributed by atoms with Crippen LogP contribution in [-0.4, -0.2) is 58.1 Å². The minimum absolute atomic E-state index is 0.0187. The minimum Gasteiger partial charge on any atom is -0.295 e. The largest absolute Gasteiger partial charge is 0.295 e. The molecule has 194 valence electrons. The van der Waals surface area contributed by atoms with Crippen LogP contribution in [0.4, 0.5) is 10.1 Å². The molecule has 1 aromatic carbocycles. The Labute approximate surface area is 219 Å². The summed E-state index contributed by atoms with van der Waals surface area (Å²) in [6.07, 6.45) is 5.00. The smallest absolute Gasteiger partial charge is 0.263 e. The fourth-order valence-electron chi connectivity index (χ4n) is 4.55. The molecule has 1 atom stereocenters. The molecule has 3 aliphatic rings. The summed E-state index contributed by atoms with van der Waals surface area (Å²) in [6.45, 7) is 2.32. The van der Waals surface area contributed by atoms with Gasteiger partial charge in [0, 0.05) is 24.3 Å². The number of guanidine groups is 1. The highest BCUT2D eigenvalue weighted by atomic mass is 32.2. The predicted octanol–water partition coefficient (Wildman–Crippen LogP) is 2.04. The number of sulfonamides is 1. The van der Waals surface area contributed by atoms with Gasteiger partial charge in [0.25, 0.3) is 5.91 Å². The summed E-state index contributed by atoms with van der Waals surface area (Å²) in [4.78, 5) is 25.5. The van der Waals surface area contributed by atoms with E-state index in [1.807, 2.05) is 11.8 Å². The topological polar surface area (TPSA) is 113 Å². The lowest BCUT2D eigenvalue weighted by molar-refractivity contribution is 0.0833. The Bertz CT molecular complexity index is 1670. The number of amides is 1. The highest BCUT2D eigenvalue weighted by Gasteiger charge is 2.44. The number of aliphatic imine (C=N–C) groups is 1. The standard InChI is InChI=1S/C26H24FN7O3S/c1-26(10-11-26)31-38(36,37)20-8-9-22-21(12-20)24(35)33(16-17-13-29-32(2)15-17)25-28-14-19(34(22)25)7-6-18-4-3-5-23(27)30-18/h3-5,8-9,12-13,15,19,31H,10-11,14,16H2,1-2H3/t19-/m1/s1. The minimum atomic E-state index is -3.83. The molecule has 2 aromatic heterocycles. The van der Waals surface area contributed by atoms with Crippen molar-refractivity contribution in [1.82, 2.24) is 24.4 Å². The van der Waals surface area contributed by atoms with Crippen molar-refractivity contribution in [3.05, 3.63) is 71.6 Å². The number of hydrogen-bond acceptors (Lipinski definition) is 7. The third kappa shape index (κ3) is 4.44. The number of carbonyl (C=O) groups is 1. The monoisotopic (exact) mass is 533 g/mol. The molecule has 0 saturated heterocycles. The number of nitrogens with zero attached hydrogens (tertiary/aromatic N) is 6. The highest BCUT2D eigenvalue weighted by Crippen LogP contribution is 2.38. The Morgan fingerprint density at radius 3 is 2.76 bits per heavy atom. The van der Waals surface area contributed by atoms with Crippen LogP contribution in [0.25, 0.3) is 0 Å². The van der Waals surface area contributed by atoms with Crippen molar-refractivity contribution in [3.63, 3.8) is 0 Å². The zero-order chi connectivity index (χ0) is 26.7. The molecule has 3 aromatic rings. The van der Waals surface area contributed by atoms with Crippen LogP contribution in [-0.2, 0) is 23.6 Å². The second-order valence-electron chi connectivity index (χ2n) is 9.90. The first-order valence-electron chi connectivity index (χ1n) is 12.1. The first-order chi connectivity index (χ1) is 18.1. The molecule has 6 rings (SSSR count). The van der Waals surface area contributed by atoms with E-state index in [9.17, 15) is 17.6 Å². The van der Waals surface area contributed by atoms with Gasteiger partial charge < -0.3 is 0 Å². The van der Waals surface area contributed by atoms with Crippen LogP contribution in [0.15, 0.2) is 58.7 Å². The number of rotatable bonds is 5. The second-order valence-corrected chi connectivity index (χ2v) is 11.6. The van der Waals surface area contributed by atoms with Gasteiger partial charge in [0.2, 0.25) is 21.9 Å². The molecule has 12 heteroatoms. The molecular weight excluding hydrogens is 509 g/mol. The van der Waals surface area contributed by atoms with E-state index in [4.69, 9.17) is 0 Å². The van der Waals surface area contributed by atoms with Crippen molar-refractivity contribution in [2.45, 2.75) is 42.8 Å². The van der Waals surface area contributed by atoms with Gasteiger partial charge in [0.05, 0.1) is 35.4 Å². The first-order valence-corrected chi connectivity index (χ1v) is 13.6. The number of benzene rings is 1. The molecule has 10 nitrogen and oxygen atoms in total. The molecule has 1 N–H and O–H groups in total. The van der Waals surface area contributed by atoms with Crippen molar-refractivity contribution in [1.29, 1.82) is 0 Å². The van der Waals surface area contributed by atoms with Gasteiger partial charge in [-0.1, -0.05) is 12.0 Å². The number of pyridine rings is 1. The van der Waals surface area contributed by atoms with Gasteiger partial charge in [0.15, 0.2) is 0 Å². The van der Waals surface area contributed by atoms with Crippen LogP contribution in [0.3, 0.4) is 0 Å². The van der Waals surface area contributed by atoms with Crippen LogP contribution in [0.5, 0.6) is 0 Å². The van der Waals surface area contributed by atoms with E-state index >= 15 is 0 Å². The third-order valence-corrected chi connectivity index (χ3v) is 8.39. The zero-order valence-electron chi connectivity index (χ0n) is 20.7. The number of nitrogens with one attached hydrogen (secondary N) is 1.